The molecule has 1 amide bonds. The first-order chi connectivity index (χ1) is 10.9. The fourth-order valence-corrected chi connectivity index (χ4v) is 2.69. The van der Waals surface area contributed by atoms with Crippen molar-refractivity contribution in [3.8, 4) is 5.75 Å². The fraction of sp³-hybridized carbons (Fsp3) is 0.350. The molecule has 2 aromatic carbocycles. The van der Waals surface area contributed by atoms with Crippen LogP contribution in [0.3, 0.4) is 0 Å². The number of carbonyl (C=O) groups excluding carboxylic acids is 1. The molecule has 122 valence electrons. The highest BCUT2D eigenvalue weighted by Gasteiger charge is 2.14. The summed E-state index contributed by atoms with van der Waals surface area (Å²) in [5.41, 5.74) is 5.16. The Kier molecular flexibility index (Phi) is 5.43. The van der Waals surface area contributed by atoms with E-state index in [1.54, 1.807) is 0 Å². The minimum absolute atomic E-state index is 0.0331. The van der Waals surface area contributed by atoms with Crippen molar-refractivity contribution in [2.24, 2.45) is 0 Å². The molecule has 0 saturated heterocycles. The van der Waals surface area contributed by atoms with E-state index >= 15 is 0 Å². The molecule has 1 atom stereocenters. The molecule has 0 spiro atoms. The van der Waals surface area contributed by atoms with Gasteiger partial charge in [-0.1, -0.05) is 23.8 Å². The zero-order valence-electron chi connectivity index (χ0n) is 14.6. The van der Waals surface area contributed by atoms with Gasteiger partial charge in [-0.3, -0.25) is 4.79 Å². The first-order valence-corrected chi connectivity index (χ1v) is 8.03. The smallest absolute Gasteiger partial charge is 0.251 e. The zero-order valence-corrected chi connectivity index (χ0v) is 14.6. The summed E-state index contributed by atoms with van der Waals surface area (Å²) < 4.78 is 5.52. The molecule has 23 heavy (non-hydrogen) atoms. The van der Waals surface area contributed by atoms with Gasteiger partial charge in [0.15, 0.2) is 0 Å². The average molecular weight is 311 g/mol. The number of benzene rings is 2. The molecule has 0 unspecified atom stereocenters. The third kappa shape index (κ3) is 4.13. The van der Waals surface area contributed by atoms with Gasteiger partial charge in [0.2, 0.25) is 0 Å². The van der Waals surface area contributed by atoms with Crippen molar-refractivity contribution < 1.29 is 9.53 Å². The molecule has 0 bridgehead atoms. The van der Waals surface area contributed by atoms with Crippen LogP contribution in [-0.4, -0.2) is 12.5 Å². The lowest BCUT2D eigenvalue weighted by Crippen LogP contribution is -2.27. The van der Waals surface area contributed by atoms with Crippen LogP contribution in [0.4, 0.5) is 0 Å². The van der Waals surface area contributed by atoms with Crippen molar-refractivity contribution in [1.29, 1.82) is 0 Å². The minimum atomic E-state index is -0.0652. The van der Waals surface area contributed by atoms with Crippen LogP contribution in [0.5, 0.6) is 5.75 Å². The number of aryl methyl sites for hydroxylation is 3. The van der Waals surface area contributed by atoms with Gasteiger partial charge in [0.1, 0.15) is 5.75 Å². The Hall–Kier alpha value is -2.29. The maximum absolute atomic E-state index is 12.5. The summed E-state index contributed by atoms with van der Waals surface area (Å²) in [6.07, 6.45) is 0. The Morgan fingerprint density at radius 3 is 2.48 bits per heavy atom. The Morgan fingerprint density at radius 1 is 1.09 bits per heavy atom. The van der Waals surface area contributed by atoms with Crippen molar-refractivity contribution in [2.45, 2.75) is 40.7 Å². The van der Waals surface area contributed by atoms with Crippen molar-refractivity contribution in [1.82, 2.24) is 5.32 Å². The van der Waals surface area contributed by atoms with Crippen molar-refractivity contribution >= 4 is 5.91 Å². The standard InChI is InChI=1S/C20H25NO2/c1-6-23-19-10-9-17(12-15(19)4)20(22)21-16(5)18-11-13(2)7-8-14(18)3/h7-12,16H,6H2,1-5H3,(H,21,22)/t16-/m0/s1. The summed E-state index contributed by atoms with van der Waals surface area (Å²) in [5.74, 6) is 0.760. The van der Waals surface area contributed by atoms with Crippen LogP contribution in [-0.2, 0) is 0 Å². The molecule has 0 aliphatic heterocycles. The van der Waals surface area contributed by atoms with Crippen LogP contribution in [0.25, 0.3) is 0 Å². The number of carbonyl (C=O) groups is 1. The summed E-state index contributed by atoms with van der Waals surface area (Å²) in [4.78, 5) is 12.5. The van der Waals surface area contributed by atoms with Crippen LogP contribution in [0.15, 0.2) is 36.4 Å². The normalized spacial score (nSPS) is 11.9. The topological polar surface area (TPSA) is 38.3 Å². The molecule has 0 aromatic heterocycles. The molecular weight excluding hydrogens is 286 g/mol. The van der Waals surface area contributed by atoms with Gasteiger partial charge in [0.05, 0.1) is 12.6 Å². The maximum Gasteiger partial charge on any atom is 0.251 e. The van der Waals surface area contributed by atoms with Gasteiger partial charge in [0.25, 0.3) is 5.91 Å². The summed E-state index contributed by atoms with van der Waals surface area (Å²) >= 11 is 0. The first-order valence-electron chi connectivity index (χ1n) is 8.03. The molecule has 1 N–H and O–H groups in total. The molecular formula is C20H25NO2. The van der Waals surface area contributed by atoms with Crippen molar-refractivity contribution in [3.05, 3.63) is 64.2 Å². The zero-order chi connectivity index (χ0) is 17.0. The third-order valence-electron chi connectivity index (χ3n) is 3.99. The minimum Gasteiger partial charge on any atom is -0.494 e. The van der Waals surface area contributed by atoms with E-state index in [9.17, 15) is 4.79 Å². The van der Waals surface area contributed by atoms with Gasteiger partial charge in [-0.2, -0.15) is 0 Å². The average Bonchev–Trinajstić information content (AvgIpc) is 2.51. The Bertz CT molecular complexity index is 707. The highest BCUT2D eigenvalue weighted by atomic mass is 16.5. The van der Waals surface area contributed by atoms with Crippen LogP contribution in [0, 0.1) is 20.8 Å². The van der Waals surface area contributed by atoms with E-state index in [4.69, 9.17) is 4.74 Å². The number of rotatable bonds is 5. The molecule has 0 aliphatic rings. The van der Waals surface area contributed by atoms with Crippen LogP contribution >= 0.6 is 0 Å². The lowest BCUT2D eigenvalue weighted by Gasteiger charge is -2.18. The second-order valence-electron chi connectivity index (χ2n) is 5.97. The third-order valence-corrected chi connectivity index (χ3v) is 3.99. The fourth-order valence-electron chi connectivity index (χ4n) is 2.69. The van der Waals surface area contributed by atoms with Gasteiger partial charge in [0, 0.05) is 5.56 Å². The van der Waals surface area contributed by atoms with Gasteiger partial charge in [-0.05, 0) is 69.5 Å². The van der Waals surface area contributed by atoms with Gasteiger partial charge in [-0.15, -0.1) is 0 Å². The van der Waals surface area contributed by atoms with Crippen molar-refractivity contribution in [2.75, 3.05) is 6.61 Å². The maximum atomic E-state index is 12.5. The summed E-state index contributed by atoms with van der Waals surface area (Å²) in [6, 6.07) is 11.8. The molecule has 2 aromatic rings. The summed E-state index contributed by atoms with van der Waals surface area (Å²) in [7, 11) is 0. The quantitative estimate of drug-likeness (QED) is 0.883. The van der Waals surface area contributed by atoms with Crippen LogP contribution in [0.1, 0.15) is 52.5 Å². The van der Waals surface area contributed by atoms with E-state index in [1.165, 1.54) is 11.1 Å². The lowest BCUT2D eigenvalue weighted by atomic mass is 9.99. The van der Waals surface area contributed by atoms with E-state index in [0.29, 0.717) is 12.2 Å². The SMILES string of the molecule is CCOc1ccc(C(=O)N[C@@H](C)c2cc(C)ccc2C)cc1C. The van der Waals surface area contributed by atoms with Crippen LogP contribution < -0.4 is 10.1 Å². The highest BCUT2D eigenvalue weighted by Crippen LogP contribution is 2.22. The predicted molar refractivity (Wildman–Crippen MR) is 94.1 cm³/mol. The number of hydrogen-bond acceptors (Lipinski definition) is 2. The van der Waals surface area contributed by atoms with Gasteiger partial charge >= 0.3 is 0 Å². The van der Waals surface area contributed by atoms with E-state index < -0.39 is 0 Å². The number of amides is 1. The molecule has 0 fully saturated rings. The predicted octanol–water partition coefficient (Wildman–Crippen LogP) is 4.50. The van der Waals surface area contributed by atoms with Gasteiger partial charge < -0.3 is 10.1 Å². The lowest BCUT2D eigenvalue weighted by molar-refractivity contribution is 0.0939. The van der Waals surface area contributed by atoms with Crippen molar-refractivity contribution in [3.63, 3.8) is 0 Å². The second-order valence-corrected chi connectivity index (χ2v) is 5.97. The first kappa shape index (κ1) is 17.1. The van der Waals surface area contributed by atoms with Crippen LogP contribution in [0.2, 0.25) is 0 Å². The van der Waals surface area contributed by atoms with E-state index in [2.05, 4.69) is 37.4 Å². The second kappa shape index (κ2) is 7.32. The highest BCUT2D eigenvalue weighted by molar-refractivity contribution is 5.94. The van der Waals surface area contributed by atoms with E-state index in [1.807, 2.05) is 39.0 Å². The molecule has 0 radical (unpaired) electrons. The number of nitrogens with one attached hydrogen (secondary N) is 1. The molecule has 3 nitrogen and oxygen atoms in total. The Labute approximate surface area is 138 Å². The molecule has 0 saturated carbocycles. The monoisotopic (exact) mass is 311 g/mol. The number of ether oxygens (including phenoxy) is 1. The molecule has 3 heteroatoms. The largest absolute Gasteiger partial charge is 0.494 e. The molecule has 0 aliphatic carbocycles. The molecule has 2 rings (SSSR count). The van der Waals surface area contributed by atoms with Gasteiger partial charge in [-0.25, -0.2) is 0 Å². The number of hydrogen-bond donors (Lipinski definition) is 1. The summed E-state index contributed by atoms with van der Waals surface area (Å²) in [6.45, 7) is 10.7. The van der Waals surface area contributed by atoms with E-state index in [-0.39, 0.29) is 11.9 Å². The Morgan fingerprint density at radius 2 is 1.83 bits per heavy atom. The Balaban J connectivity index is 2.15. The van der Waals surface area contributed by atoms with E-state index in [0.717, 1.165) is 16.9 Å². The summed E-state index contributed by atoms with van der Waals surface area (Å²) in [5, 5.41) is 3.08. The molecule has 0 heterocycles.